The molecule has 25 heavy (non-hydrogen) atoms. The number of anilines is 1. The number of pyridine rings is 1. The fourth-order valence-electron chi connectivity index (χ4n) is 3.11. The summed E-state index contributed by atoms with van der Waals surface area (Å²) in [6.45, 7) is 4.59. The quantitative estimate of drug-likeness (QED) is 0.659. The molecule has 0 aliphatic carbocycles. The van der Waals surface area contributed by atoms with Crippen molar-refractivity contribution in [2.45, 2.75) is 6.92 Å². The minimum atomic E-state index is 0.0109. The third-order valence-corrected chi connectivity index (χ3v) is 4.83. The summed E-state index contributed by atoms with van der Waals surface area (Å²) < 4.78 is 2.77. The highest BCUT2D eigenvalue weighted by Crippen LogP contribution is 2.19. The van der Waals surface area contributed by atoms with Crippen molar-refractivity contribution in [3.8, 4) is 0 Å². The van der Waals surface area contributed by atoms with Gasteiger partial charge < -0.3 is 9.80 Å². The molecule has 4 rings (SSSR count). The number of carbonyl (C=O) groups excluding carboxylic acids is 1. The number of nitrogens with zero attached hydrogens (tertiary/aromatic N) is 6. The molecule has 1 saturated heterocycles. The van der Waals surface area contributed by atoms with Crippen LogP contribution in [0.5, 0.6) is 0 Å². The summed E-state index contributed by atoms with van der Waals surface area (Å²) in [5.41, 5.74) is 2.15. The summed E-state index contributed by atoms with van der Waals surface area (Å²) in [6.07, 6.45) is 5.36. The number of rotatable bonds is 2. The Labute approximate surface area is 153 Å². The van der Waals surface area contributed by atoms with Crippen LogP contribution in [0.3, 0.4) is 0 Å². The molecule has 1 amide bonds. The molecule has 0 spiro atoms. The highest BCUT2D eigenvalue weighted by molar-refractivity contribution is 9.10. The molecule has 0 saturated carbocycles. The Bertz CT molecular complexity index is 918. The summed E-state index contributed by atoms with van der Waals surface area (Å²) in [6, 6.07) is 5.63. The number of fused-ring (bicyclic) bond motifs is 1. The van der Waals surface area contributed by atoms with E-state index in [9.17, 15) is 4.79 Å². The van der Waals surface area contributed by atoms with Gasteiger partial charge in [-0.1, -0.05) is 0 Å². The average Bonchev–Trinajstić information content (AvgIpc) is 2.97. The van der Waals surface area contributed by atoms with Crippen LogP contribution in [0.15, 0.2) is 41.3 Å². The molecule has 1 aliphatic rings. The number of amides is 1. The molecule has 0 aromatic carbocycles. The van der Waals surface area contributed by atoms with Crippen molar-refractivity contribution in [3.63, 3.8) is 0 Å². The van der Waals surface area contributed by atoms with Crippen molar-refractivity contribution in [2.75, 3.05) is 31.1 Å². The third-order valence-electron chi connectivity index (χ3n) is 4.36. The Morgan fingerprint density at radius 3 is 2.56 bits per heavy atom. The lowest BCUT2D eigenvalue weighted by atomic mass is 10.2. The molecule has 0 atom stereocenters. The van der Waals surface area contributed by atoms with E-state index in [2.05, 4.69) is 35.8 Å². The summed E-state index contributed by atoms with van der Waals surface area (Å²) in [4.78, 5) is 30.1. The van der Waals surface area contributed by atoms with Gasteiger partial charge in [0.05, 0.1) is 5.69 Å². The zero-order chi connectivity index (χ0) is 17.4. The molecule has 4 heterocycles. The van der Waals surface area contributed by atoms with E-state index in [1.54, 1.807) is 18.5 Å². The van der Waals surface area contributed by atoms with Crippen molar-refractivity contribution in [1.82, 2.24) is 24.3 Å². The van der Waals surface area contributed by atoms with Crippen LogP contribution in [-0.4, -0.2) is 56.3 Å². The van der Waals surface area contributed by atoms with E-state index >= 15 is 0 Å². The van der Waals surface area contributed by atoms with Crippen molar-refractivity contribution in [2.24, 2.45) is 0 Å². The van der Waals surface area contributed by atoms with Crippen molar-refractivity contribution in [1.29, 1.82) is 0 Å². The molecule has 0 N–H and O–H groups in total. The Morgan fingerprint density at radius 1 is 1.12 bits per heavy atom. The van der Waals surface area contributed by atoms with Gasteiger partial charge in [-0.2, -0.15) is 0 Å². The predicted molar refractivity (Wildman–Crippen MR) is 97.8 cm³/mol. The maximum Gasteiger partial charge on any atom is 0.272 e. The lowest BCUT2D eigenvalue weighted by molar-refractivity contribution is 0.0738. The van der Waals surface area contributed by atoms with E-state index in [1.807, 2.05) is 34.6 Å². The third kappa shape index (κ3) is 2.97. The van der Waals surface area contributed by atoms with Gasteiger partial charge in [0, 0.05) is 49.2 Å². The van der Waals surface area contributed by atoms with Gasteiger partial charge in [0.15, 0.2) is 0 Å². The van der Waals surface area contributed by atoms with E-state index in [1.165, 1.54) is 0 Å². The van der Waals surface area contributed by atoms with Crippen LogP contribution >= 0.6 is 15.9 Å². The molecule has 3 aromatic heterocycles. The second kappa shape index (κ2) is 6.44. The molecule has 0 radical (unpaired) electrons. The summed E-state index contributed by atoms with van der Waals surface area (Å²) in [5, 5.41) is 0. The van der Waals surface area contributed by atoms with Crippen LogP contribution in [0.1, 0.15) is 16.2 Å². The number of aromatic nitrogens is 4. The van der Waals surface area contributed by atoms with Crippen LogP contribution < -0.4 is 4.90 Å². The van der Waals surface area contributed by atoms with E-state index in [0.29, 0.717) is 24.7 Å². The Hall–Kier alpha value is -2.48. The van der Waals surface area contributed by atoms with Gasteiger partial charge in [0.2, 0.25) is 5.95 Å². The van der Waals surface area contributed by atoms with Gasteiger partial charge in [0.1, 0.15) is 11.3 Å². The van der Waals surface area contributed by atoms with E-state index in [4.69, 9.17) is 0 Å². The number of carbonyl (C=O) groups is 1. The van der Waals surface area contributed by atoms with Gasteiger partial charge in [-0.3, -0.25) is 9.20 Å². The molecular formula is C17H17BrN6O. The predicted octanol–water partition coefficient (Wildman–Crippen LogP) is 2.16. The first-order chi connectivity index (χ1) is 12.1. The van der Waals surface area contributed by atoms with Crippen molar-refractivity contribution >= 4 is 33.4 Å². The van der Waals surface area contributed by atoms with Crippen LogP contribution in [-0.2, 0) is 0 Å². The molecule has 1 aliphatic heterocycles. The van der Waals surface area contributed by atoms with Gasteiger partial charge in [-0.25, -0.2) is 15.0 Å². The van der Waals surface area contributed by atoms with Crippen LogP contribution in [0.25, 0.3) is 5.65 Å². The maximum atomic E-state index is 13.1. The molecule has 1 fully saturated rings. The molecule has 8 heteroatoms. The molecule has 0 unspecified atom stereocenters. The van der Waals surface area contributed by atoms with Crippen molar-refractivity contribution < 1.29 is 4.79 Å². The van der Waals surface area contributed by atoms with Gasteiger partial charge in [0.25, 0.3) is 5.91 Å². The zero-order valence-corrected chi connectivity index (χ0v) is 15.3. The lowest BCUT2D eigenvalue weighted by Crippen LogP contribution is -2.49. The van der Waals surface area contributed by atoms with Gasteiger partial charge >= 0.3 is 0 Å². The van der Waals surface area contributed by atoms with E-state index in [0.717, 1.165) is 28.9 Å². The Morgan fingerprint density at radius 2 is 1.84 bits per heavy atom. The molecule has 0 bridgehead atoms. The summed E-state index contributed by atoms with van der Waals surface area (Å²) >= 11 is 3.46. The standard InChI is InChI=1S/C17H17BrN6O/c1-12-15(24-11-13(18)3-4-14(24)21-12)16(25)22-7-9-23(10-8-22)17-19-5-2-6-20-17/h2-6,11H,7-10H2,1H3. The van der Waals surface area contributed by atoms with Crippen LogP contribution in [0.2, 0.25) is 0 Å². The maximum absolute atomic E-state index is 13.1. The zero-order valence-electron chi connectivity index (χ0n) is 13.8. The largest absolute Gasteiger partial charge is 0.337 e. The highest BCUT2D eigenvalue weighted by atomic mass is 79.9. The minimum Gasteiger partial charge on any atom is -0.337 e. The second-order valence-electron chi connectivity index (χ2n) is 5.95. The minimum absolute atomic E-state index is 0.0109. The number of imidazole rings is 1. The first kappa shape index (κ1) is 16.0. The molecule has 3 aromatic rings. The van der Waals surface area contributed by atoms with Gasteiger partial charge in [-0.05, 0) is 41.1 Å². The molecular weight excluding hydrogens is 384 g/mol. The molecule has 7 nitrogen and oxygen atoms in total. The van der Waals surface area contributed by atoms with Crippen molar-refractivity contribution in [3.05, 3.63) is 52.7 Å². The van der Waals surface area contributed by atoms with E-state index in [-0.39, 0.29) is 5.91 Å². The van der Waals surface area contributed by atoms with Gasteiger partial charge in [-0.15, -0.1) is 0 Å². The lowest BCUT2D eigenvalue weighted by Gasteiger charge is -2.34. The Kier molecular flexibility index (Phi) is 4.12. The molecule has 128 valence electrons. The Balaban J connectivity index is 1.55. The van der Waals surface area contributed by atoms with E-state index < -0.39 is 0 Å². The number of hydrogen-bond donors (Lipinski definition) is 0. The SMILES string of the molecule is Cc1nc2ccc(Br)cn2c1C(=O)N1CCN(c2ncccn2)CC1. The number of aryl methyl sites for hydroxylation is 1. The smallest absolute Gasteiger partial charge is 0.272 e. The van der Waals surface area contributed by atoms with Crippen LogP contribution in [0.4, 0.5) is 5.95 Å². The fraction of sp³-hybridized carbons (Fsp3) is 0.294. The number of halogens is 1. The summed E-state index contributed by atoms with van der Waals surface area (Å²) in [7, 11) is 0. The number of hydrogen-bond acceptors (Lipinski definition) is 5. The number of piperazine rings is 1. The first-order valence-electron chi connectivity index (χ1n) is 8.09. The van der Waals surface area contributed by atoms with Crippen LogP contribution in [0, 0.1) is 6.92 Å². The average molecular weight is 401 g/mol. The summed E-state index contributed by atoms with van der Waals surface area (Å²) in [5.74, 6) is 0.723. The normalized spacial score (nSPS) is 15.0. The second-order valence-corrected chi connectivity index (χ2v) is 6.87. The fourth-order valence-corrected chi connectivity index (χ4v) is 3.44. The first-order valence-corrected chi connectivity index (χ1v) is 8.88. The highest BCUT2D eigenvalue weighted by Gasteiger charge is 2.27. The topological polar surface area (TPSA) is 66.6 Å². The monoisotopic (exact) mass is 400 g/mol.